The summed E-state index contributed by atoms with van der Waals surface area (Å²) in [6.07, 6.45) is 1.46. The lowest BCUT2D eigenvalue weighted by Gasteiger charge is -2.17. The molecule has 4 nitrogen and oxygen atoms in total. The van der Waals surface area contributed by atoms with E-state index < -0.39 is 0 Å². The summed E-state index contributed by atoms with van der Waals surface area (Å²) in [6.45, 7) is 0. The number of rotatable bonds is 3. The number of nitrogens with zero attached hydrogens (tertiary/aromatic N) is 2. The summed E-state index contributed by atoms with van der Waals surface area (Å²) in [7, 11) is 3.29. The fraction of sp³-hybridized carbons (Fsp3) is 0.143. The van der Waals surface area contributed by atoms with Gasteiger partial charge in [-0.2, -0.15) is 0 Å². The topological polar surface area (TPSA) is 42.4 Å². The Hall–Kier alpha value is -2.07. The number of carbonyl (C=O) groups is 1. The standard InChI is InChI=1S/C14H13ClN2O2/c1-17(11-4-3-5-12(8-11)19-2)14(18)10-6-7-13(15)16-9-10/h3-9H,1-2H3. The first kappa shape index (κ1) is 13.4. The third-order valence-corrected chi connectivity index (χ3v) is 2.94. The van der Waals surface area contributed by atoms with Gasteiger partial charge in [0.2, 0.25) is 0 Å². The lowest BCUT2D eigenvalue weighted by Crippen LogP contribution is -2.26. The van der Waals surface area contributed by atoms with Gasteiger partial charge in [-0.05, 0) is 24.3 Å². The SMILES string of the molecule is COc1cccc(N(C)C(=O)c2ccc(Cl)nc2)c1. The number of pyridine rings is 1. The number of anilines is 1. The average molecular weight is 277 g/mol. The molecule has 2 aromatic rings. The Kier molecular flexibility index (Phi) is 4.02. The fourth-order valence-corrected chi connectivity index (χ4v) is 1.74. The summed E-state index contributed by atoms with van der Waals surface area (Å²) < 4.78 is 5.14. The van der Waals surface area contributed by atoms with Crippen LogP contribution in [0, 0.1) is 0 Å². The summed E-state index contributed by atoms with van der Waals surface area (Å²) in [5.41, 5.74) is 1.23. The van der Waals surface area contributed by atoms with Crippen molar-refractivity contribution in [1.82, 2.24) is 4.98 Å². The molecule has 0 N–H and O–H groups in total. The Morgan fingerprint density at radius 1 is 1.32 bits per heavy atom. The predicted octanol–water partition coefficient (Wildman–Crippen LogP) is 3.02. The molecule has 0 bridgehead atoms. The number of hydrogen-bond donors (Lipinski definition) is 0. The lowest BCUT2D eigenvalue weighted by atomic mass is 10.2. The van der Waals surface area contributed by atoms with Gasteiger partial charge in [0.05, 0.1) is 12.7 Å². The predicted molar refractivity (Wildman–Crippen MR) is 75.0 cm³/mol. The Bertz CT molecular complexity index is 584. The summed E-state index contributed by atoms with van der Waals surface area (Å²) in [5.74, 6) is 0.545. The molecule has 98 valence electrons. The maximum absolute atomic E-state index is 12.3. The molecule has 0 saturated heterocycles. The molecule has 0 unspecified atom stereocenters. The van der Waals surface area contributed by atoms with E-state index >= 15 is 0 Å². The van der Waals surface area contributed by atoms with Gasteiger partial charge in [-0.3, -0.25) is 4.79 Å². The zero-order chi connectivity index (χ0) is 13.8. The minimum atomic E-state index is -0.155. The van der Waals surface area contributed by atoms with E-state index in [1.807, 2.05) is 18.2 Å². The van der Waals surface area contributed by atoms with Crippen LogP contribution in [0.4, 0.5) is 5.69 Å². The first-order valence-corrected chi connectivity index (χ1v) is 6.03. The normalized spacial score (nSPS) is 10.1. The van der Waals surface area contributed by atoms with Crippen LogP contribution in [-0.4, -0.2) is 25.0 Å². The monoisotopic (exact) mass is 276 g/mol. The van der Waals surface area contributed by atoms with Gasteiger partial charge in [-0.1, -0.05) is 17.7 Å². The van der Waals surface area contributed by atoms with Crippen LogP contribution in [0.5, 0.6) is 5.75 Å². The van der Waals surface area contributed by atoms with Gasteiger partial charge in [-0.15, -0.1) is 0 Å². The number of ether oxygens (including phenoxy) is 1. The summed E-state index contributed by atoms with van der Waals surface area (Å²) in [6, 6.07) is 10.5. The van der Waals surface area contributed by atoms with Gasteiger partial charge in [0.1, 0.15) is 10.9 Å². The van der Waals surface area contributed by atoms with Crippen molar-refractivity contribution in [3.05, 3.63) is 53.3 Å². The third-order valence-electron chi connectivity index (χ3n) is 2.72. The zero-order valence-electron chi connectivity index (χ0n) is 10.6. The van der Waals surface area contributed by atoms with Crippen LogP contribution >= 0.6 is 11.6 Å². The number of benzene rings is 1. The Balaban J connectivity index is 2.25. The molecule has 0 saturated carbocycles. The Morgan fingerprint density at radius 2 is 2.11 bits per heavy atom. The van der Waals surface area contributed by atoms with Crippen LogP contribution in [0.25, 0.3) is 0 Å². The molecule has 0 fully saturated rings. The van der Waals surface area contributed by atoms with E-state index in [1.165, 1.54) is 11.1 Å². The molecule has 19 heavy (non-hydrogen) atoms. The summed E-state index contributed by atoms with van der Waals surface area (Å²) in [5, 5.41) is 0.362. The van der Waals surface area contributed by atoms with Crippen molar-refractivity contribution in [1.29, 1.82) is 0 Å². The summed E-state index contributed by atoms with van der Waals surface area (Å²) in [4.78, 5) is 17.7. The number of amides is 1. The second-order valence-electron chi connectivity index (χ2n) is 3.94. The molecule has 5 heteroatoms. The van der Waals surface area contributed by atoms with Gasteiger partial charge in [0, 0.05) is 25.0 Å². The van der Waals surface area contributed by atoms with Crippen LogP contribution < -0.4 is 9.64 Å². The van der Waals surface area contributed by atoms with Crippen LogP contribution in [0.15, 0.2) is 42.6 Å². The van der Waals surface area contributed by atoms with Crippen molar-refractivity contribution in [2.75, 3.05) is 19.1 Å². The van der Waals surface area contributed by atoms with Crippen molar-refractivity contribution in [3.8, 4) is 5.75 Å². The second kappa shape index (κ2) is 5.71. The van der Waals surface area contributed by atoms with E-state index in [0.717, 1.165) is 5.69 Å². The van der Waals surface area contributed by atoms with E-state index in [1.54, 1.807) is 32.4 Å². The van der Waals surface area contributed by atoms with Gasteiger partial charge in [0.25, 0.3) is 5.91 Å². The third kappa shape index (κ3) is 3.03. The van der Waals surface area contributed by atoms with E-state index in [9.17, 15) is 4.79 Å². The van der Waals surface area contributed by atoms with Crippen LogP contribution in [-0.2, 0) is 0 Å². The fourth-order valence-electron chi connectivity index (χ4n) is 1.63. The van der Waals surface area contributed by atoms with Gasteiger partial charge < -0.3 is 9.64 Å². The van der Waals surface area contributed by atoms with Crippen LogP contribution in [0.1, 0.15) is 10.4 Å². The van der Waals surface area contributed by atoms with E-state index in [4.69, 9.17) is 16.3 Å². The molecule has 1 aromatic heterocycles. The van der Waals surface area contributed by atoms with Crippen molar-refractivity contribution in [2.24, 2.45) is 0 Å². The highest BCUT2D eigenvalue weighted by atomic mass is 35.5. The van der Waals surface area contributed by atoms with Crippen molar-refractivity contribution in [3.63, 3.8) is 0 Å². The molecule has 0 spiro atoms. The van der Waals surface area contributed by atoms with E-state index in [-0.39, 0.29) is 5.91 Å². The molecule has 1 amide bonds. The molecule has 0 atom stereocenters. The largest absolute Gasteiger partial charge is 0.497 e. The molecule has 1 heterocycles. The maximum atomic E-state index is 12.3. The highest BCUT2D eigenvalue weighted by Gasteiger charge is 2.14. The van der Waals surface area contributed by atoms with E-state index in [0.29, 0.717) is 16.5 Å². The smallest absolute Gasteiger partial charge is 0.259 e. The molecule has 0 radical (unpaired) electrons. The summed E-state index contributed by atoms with van der Waals surface area (Å²) >= 11 is 5.70. The van der Waals surface area contributed by atoms with Gasteiger partial charge in [-0.25, -0.2) is 4.98 Å². The first-order chi connectivity index (χ1) is 9.11. The molecule has 1 aromatic carbocycles. The molecule has 2 rings (SSSR count). The minimum Gasteiger partial charge on any atom is -0.497 e. The van der Waals surface area contributed by atoms with Crippen LogP contribution in [0.3, 0.4) is 0 Å². The van der Waals surface area contributed by atoms with Crippen molar-refractivity contribution >= 4 is 23.2 Å². The number of carbonyl (C=O) groups excluding carboxylic acids is 1. The average Bonchev–Trinajstić information content (AvgIpc) is 2.46. The van der Waals surface area contributed by atoms with Gasteiger partial charge in [0.15, 0.2) is 0 Å². The zero-order valence-corrected chi connectivity index (χ0v) is 11.4. The number of halogens is 1. The second-order valence-corrected chi connectivity index (χ2v) is 4.32. The van der Waals surface area contributed by atoms with Crippen LogP contribution in [0.2, 0.25) is 5.15 Å². The molecule has 0 aliphatic carbocycles. The number of hydrogen-bond acceptors (Lipinski definition) is 3. The number of methoxy groups -OCH3 is 1. The quantitative estimate of drug-likeness (QED) is 0.809. The highest BCUT2D eigenvalue weighted by molar-refractivity contribution is 6.29. The Labute approximate surface area is 116 Å². The number of aromatic nitrogens is 1. The van der Waals surface area contributed by atoms with E-state index in [2.05, 4.69) is 4.98 Å². The molecule has 0 aliphatic rings. The molecular weight excluding hydrogens is 264 g/mol. The molecular formula is C14H13ClN2O2. The first-order valence-electron chi connectivity index (χ1n) is 5.65. The maximum Gasteiger partial charge on any atom is 0.259 e. The van der Waals surface area contributed by atoms with Crippen molar-refractivity contribution in [2.45, 2.75) is 0 Å². The minimum absolute atomic E-state index is 0.155. The molecule has 0 aliphatic heterocycles. The highest BCUT2D eigenvalue weighted by Crippen LogP contribution is 2.21. The lowest BCUT2D eigenvalue weighted by molar-refractivity contribution is 0.0992. The Morgan fingerprint density at radius 3 is 2.74 bits per heavy atom. The van der Waals surface area contributed by atoms with Crippen molar-refractivity contribution < 1.29 is 9.53 Å². The van der Waals surface area contributed by atoms with Gasteiger partial charge >= 0.3 is 0 Å².